The third-order valence-corrected chi connectivity index (χ3v) is 3.14. The van der Waals surface area contributed by atoms with E-state index in [-0.39, 0.29) is 6.03 Å². The number of methoxy groups -OCH3 is 1. The predicted octanol–water partition coefficient (Wildman–Crippen LogP) is 3.88. The van der Waals surface area contributed by atoms with Gasteiger partial charge in [0.1, 0.15) is 0 Å². The van der Waals surface area contributed by atoms with Crippen LogP contribution in [-0.4, -0.2) is 19.1 Å². The zero-order valence-corrected chi connectivity index (χ0v) is 12.8. The summed E-state index contributed by atoms with van der Waals surface area (Å²) < 4.78 is 5.48. The number of rotatable bonds is 3. The first kappa shape index (κ1) is 15.1. The number of benzene rings is 2. The van der Waals surface area contributed by atoms with Crippen LogP contribution in [-0.2, 0) is 4.74 Å². The Balaban J connectivity index is 1.98. The molecule has 2 N–H and O–H groups in total. The van der Waals surface area contributed by atoms with E-state index in [1.807, 2.05) is 12.1 Å². The second-order valence-corrected chi connectivity index (χ2v) is 5.07. The number of halogens is 1. The van der Waals surface area contributed by atoms with Crippen LogP contribution >= 0.6 is 15.9 Å². The van der Waals surface area contributed by atoms with Gasteiger partial charge in [0.15, 0.2) is 0 Å². The third-order valence-electron chi connectivity index (χ3n) is 2.65. The molecule has 5 nitrogen and oxygen atoms in total. The summed E-state index contributed by atoms with van der Waals surface area (Å²) in [6.07, 6.45) is 0. The minimum absolute atomic E-state index is 0.362. The van der Waals surface area contributed by atoms with Crippen LogP contribution in [0, 0.1) is 0 Å². The molecule has 0 saturated carbocycles. The molecule has 0 unspecified atom stereocenters. The molecule has 108 valence electrons. The number of esters is 1. The number of carbonyl (C=O) groups excluding carboxylic acids is 2. The highest BCUT2D eigenvalue weighted by atomic mass is 79.9. The second kappa shape index (κ2) is 6.90. The van der Waals surface area contributed by atoms with Crippen molar-refractivity contribution >= 4 is 39.3 Å². The van der Waals surface area contributed by atoms with Gasteiger partial charge in [0.25, 0.3) is 0 Å². The third kappa shape index (κ3) is 4.32. The van der Waals surface area contributed by atoms with Crippen molar-refractivity contribution in [1.29, 1.82) is 0 Å². The summed E-state index contributed by atoms with van der Waals surface area (Å²) in [7, 11) is 1.32. The molecule has 0 heterocycles. The zero-order chi connectivity index (χ0) is 15.2. The molecule has 2 aromatic carbocycles. The van der Waals surface area contributed by atoms with Crippen LogP contribution in [0.5, 0.6) is 0 Å². The van der Waals surface area contributed by atoms with Crippen molar-refractivity contribution in [3.63, 3.8) is 0 Å². The summed E-state index contributed by atoms with van der Waals surface area (Å²) in [6.45, 7) is 0. The summed E-state index contributed by atoms with van der Waals surface area (Å²) >= 11 is 3.33. The molecule has 21 heavy (non-hydrogen) atoms. The normalized spacial score (nSPS) is 9.81. The quantitative estimate of drug-likeness (QED) is 0.827. The van der Waals surface area contributed by atoms with Crippen molar-refractivity contribution in [3.8, 4) is 0 Å². The summed E-state index contributed by atoms with van der Waals surface area (Å²) in [5, 5.41) is 5.38. The number of hydrogen-bond donors (Lipinski definition) is 2. The Kier molecular flexibility index (Phi) is 4.94. The average Bonchev–Trinajstić information content (AvgIpc) is 2.47. The van der Waals surface area contributed by atoms with Crippen molar-refractivity contribution in [2.75, 3.05) is 17.7 Å². The van der Waals surface area contributed by atoms with Gasteiger partial charge >= 0.3 is 12.0 Å². The van der Waals surface area contributed by atoms with Crippen molar-refractivity contribution in [2.45, 2.75) is 0 Å². The van der Waals surface area contributed by atoms with Gasteiger partial charge in [-0.2, -0.15) is 0 Å². The second-order valence-electron chi connectivity index (χ2n) is 4.16. The predicted molar refractivity (Wildman–Crippen MR) is 84.6 cm³/mol. The van der Waals surface area contributed by atoms with Crippen LogP contribution in [0.4, 0.5) is 16.2 Å². The van der Waals surface area contributed by atoms with Gasteiger partial charge in [-0.25, -0.2) is 9.59 Å². The molecule has 0 aliphatic rings. The molecular weight excluding hydrogens is 336 g/mol. The fraction of sp³-hybridized carbons (Fsp3) is 0.0667. The Morgan fingerprint density at radius 1 is 1.00 bits per heavy atom. The highest BCUT2D eigenvalue weighted by molar-refractivity contribution is 9.10. The number of amides is 2. The molecule has 0 aliphatic heterocycles. The van der Waals surface area contributed by atoms with Crippen molar-refractivity contribution < 1.29 is 14.3 Å². The van der Waals surface area contributed by atoms with E-state index in [1.165, 1.54) is 7.11 Å². The molecule has 0 aromatic heterocycles. The van der Waals surface area contributed by atoms with Gasteiger partial charge in [-0.1, -0.05) is 22.0 Å². The van der Waals surface area contributed by atoms with Crippen molar-refractivity contribution in [3.05, 3.63) is 58.6 Å². The highest BCUT2D eigenvalue weighted by Crippen LogP contribution is 2.16. The Labute approximate surface area is 130 Å². The molecule has 6 heteroatoms. The first-order valence-corrected chi connectivity index (χ1v) is 6.90. The molecule has 0 saturated heterocycles. The minimum atomic E-state index is -0.417. The Morgan fingerprint density at radius 3 is 2.29 bits per heavy atom. The van der Waals surface area contributed by atoms with E-state index in [1.54, 1.807) is 36.4 Å². The number of nitrogens with one attached hydrogen (secondary N) is 2. The SMILES string of the molecule is COC(=O)c1ccc(NC(=O)Nc2cccc(Br)c2)cc1. The van der Waals surface area contributed by atoms with Gasteiger partial charge in [-0.15, -0.1) is 0 Å². The largest absolute Gasteiger partial charge is 0.465 e. The monoisotopic (exact) mass is 348 g/mol. The van der Waals surface area contributed by atoms with E-state index in [9.17, 15) is 9.59 Å². The Morgan fingerprint density at radius 2 is 1.67 bits per heavy atom. The van der Waals surface area contributed by atoms with E-state index >= 15 is 0 Å². The van der Waals surface area contributed by atoms with Crippen LogP contribution in [0.1, 0.15) is 10.4 Å². The van der Waals surface area contributed by atoms with Crippen LogP contribution < -0.4 is 10.6 Å². The number of urea groups is 1. The minimum Gasteiger partial charge on any atom is -0.465 e. The maximum absolute atomic E-state index is 11.8. The van der Waals surface area contributed by atoms with E-state index in [0.717, 1.165) is 4.47 Å². The van der Waals surface area contributed by atoms with Crippen LogP contribution in [0.3, 0.4) is 0 Å². The fourth-order valence-electron chi connectivity index (χ4n) is 1.67. The lowest BCUT2D eigenvalue weighted by Gasteiger charge is -2.08. The molecule has 0 aliphatic carbocycles. The smallest absolute Gasteiger partial charge is 0.337 e. The van der Waals surface area contributed by atoms with Gasteiger partial charge < -0.3 is 15.4 Å². The number of carbonyl (C=O) groups is 2. The maximum atomic E-state index is 11.8. The first-order valence-electron chi connectivity index (χ1n) is 6.10. The fourth-order valence-corrected chi connectivity index (χ4v) is 2.07. The molecule has 0 fully saturated rings. The first-order chi connectivity index (χ1) is 10.1. The maximum Gasteiger partial charge on any atom is 0.337 e. The molecule has 0 radical (unpaired) electrons. The van der Waals surface area contributed by atoms with E-state index in [4.69, 9.17) is 0 Å². The molecule has 2 rings (SSSR count). The molecule has 2 amide bonds. The molecule has 0 bridgehead atoms. The average molecular weight is 349 g/mol. The number of hydrogen-bond acceptors (Lipinski definition) is 3. The van der Waals surface area contributed by atoms with E-state index in [2.05, 4.69) is 31.3 Å². The molecule has 2 aromatic rings. The van der Waals surface area contributed by atoms with Crippen molar-refractivity contribution in [1.82, 2.24) is 0 Å². The van der Waals surface area contributed by atoms with Gasteiger partial charge in [-0.3, -0.25) is 0 Å². The summed E-state index contributed by atoms with van der Waals surface area (Å²) in [4.78, 5) is 23.1. The van der Waals surface area contributed by atoms with Crippen LogP contribution in [0.25, 0.3) is 0 Å². The number of ether oxygens (including phenoxy) is 1. The molecule has 0 atom stereocenters. The summed E-state index contributed by atoms with van der Waals surface area (Å²) in [6, 6.07) is 13.3. The lowest BCUT2D eigenvalue weighted by molar-refractivity contribution is 0.0601. The molecular formula is C15H13BrN2O3. The summed E-state index contributed by atoms with van der Waals surface area (Å²) in [5.41, 5.74) is 1.68. The van der Waals surface area contributed by atoms with Crippen molar-refractivity contribution in [2.24, 2.45) is 0 Å². The standard InChI is InChI=1S/C15H13BrN2O3/c1-21-14(19)10-5-7-12(8-6-10)17-15(20)18-13-4-2-3-11(16)9-13/h2-9H,1H3,(H2,17,18,20). The molecule has 0 spiro atoms. The van der Waals surface area contributed by atoms with Crippen LogP contribution in [0.15, 0.2) is 53.0 Å². The van der Waals surface area contributed by atoms with Gasteiger partial charge in [0, 0.05) is 15.8 Å². The zero-order valence-electron chi connectivity index (χ0n) is 11.2. The van der Waals surface area contributed by atoms with Gasteiger partial charge in [-0.05, 0) is 42.5 Å². The van der Waals surface area contributed by atoms with Crippen LogP contribution in [0.2, 0.25) is 0 Å². The summed E-state index contributed by atoms with van der Waals surface area (Å²) in [5.74, 6) is -0.417. The van der Waals surface area contributed by atoms with E-state index in [0.29, 0.717) is 16.9 Å². The topological polar surface area (TPSA) is 67.4 Å². The van der Waals surface area contributed by atoms with Gasteiger partial charge in [0.05, 0.1) is 12.7 Å². The lowest BCUT2D eigenvalue weighted by atomic mass is 10.2. The Hall–Kier alpha value is -2.34. The number of anilines is 2. The lowest BCUT2D eigenvalue weighted by Crippen LogP contribution is -2.19. The van der Waals surface area contributed by atoms with E-state index < -0.39 is 5.97 Å². The van der Waals surface area contributed by atoms with Gasteiger partial charge in [0.2, 0.25) is 0 Å². The Bertz CT molecular complexity index is 656. The highest BCUT2D eigenvalue weighted by Gasteiger charge is 2.06.